The molecule has 2 amide bonds. The summed E-state index contributed by atoms with van der Waals surface area (Å²) in [6.07, 6.45) is 6.84. The number of piperidine rings is 1. The number of amides is 2. The summed E-state index contributed by atoms with van der Waals surface area (Å²) in [5.74, 6) is 3.49. The highest BCUT2D eigenvalue weighted by atomic mass is 16.5. The summed E-state index contributed by atoms with van der Waals surface area (Å²) in [4.78, 5) is 19.0. The minimum Gasteiger partial charge on any atom is -0.467 e. The lowest BCUT2D eigenvalue weighted by molar-refractivity contribution is 0.104. The van der Waals surface area contributed by atoms with Gasteiger partial charge in [-0.15, -0.1) is 0 Å². The number of hydrogen-bond donors (Lipinski definition) is 2. The molecule has 0 aromatic carbocycles. The van der Waals surface area contributed by atoms with Gasteiger partial charge in [-0.05, 0) is 44.2 Å². The smallest absolute Gasteiger partial charge is 0.317 e. The average molecular weight is 373 g/mol. The molecule has 2 aromatic heterocycles. The van der Waals surface area contributed by atoms with E-state index in [2.05, 4.69) is 20.5 Å². The molecule has 0 radical (unpaired) electrons. The van der Waals surface area contributed by atoms with E-state index in [1.54, 1.807) is 6.26 Å². The highest BCUT2D eigenvalue weighted by Crippen LogP contribution is 2.38. The quantitative estimate of drug-likeness (QED) is 0.694. The van der Waals surface area contributed by atoms with Crippen molar-refractivity contribution in [1.82, 2.24) is 25.4 Å². The van der Waals surface area contributed by atoms with E-state index in [0.29, 0.717) is 32.2 Å². The monoisotopic (exact) mass is 373 g/mol. The van der Waals surface area contributed by atoms with Crippen molar-refractivity contribution in [2.24, 2.45) is 0 Å². The molecule has 0 spiro atoms. The Labute approximate surface area is 158 Å². The summed E-state index contributed by atoms with van der Waals surface area (Å²) in [7, 11) is 0. The minimum absolute atomic E-state index is 0.0105. The molecule has 0 bridgehead atoms. The van der Waals surface area contributed by atoms with Crippen LogP contribution in [0, 0.1) is 0 Å². The van der Waals surface area contributed by atoms with Gasteiger partial charge in [0.25, 0.3) is 0 Å². The number of ether oxygens (including phenoxy) is 1. The van der Waals surface area contributed by atoms with Crippen molar-refractivity contribution in [1.29, 1.82) is 0 Å². The van der Waals surface area contributed by atoms with Crippen LogP contribution < -0.4 is 5.32 Å². The van der Waals surface area contributed by atoms with Crippen LogP contribution in [-0.2, 0) is 11.3 Å². The van der Waals surface area contributed by atoms with Gasteiger partial charge in [-0.1, -0.05) is 0 Å². The van der Waals surface area contributed by atoms with Crippen molar-refractivity contribution >= 4 is 6.03 Å². The molecule has 0 unspecified atom stereocenters. The lowest BCUT2D eigenvalue weighted by Crippen LogP contribution is -2.45. The fourth-order valence-corrected chi connectivity index (χ4v) is 3.43. The Morgan fingerprint density at radius 2 is 2.30 bits per heavy atom. The molecule has 2 aromatic rings. The Morgan fingerprint density at radius 1 is 1.37 bits per heavy atom. The van der Waals surface area contributed by atoms with Crippen LogP contribution in [0.15, 0.2) is 22.8 Å². The minimum atomic E-state index is -0.0105. The first-order valence-corrected chi connectivity index (χ1v) is 9.84. The Balaban J connectivity index is 1.15. The van der Waals surface area contributed by atoms with Crippen molar-refractivity contribution in [2.75, 3.05) is 26.2 Å². The highest BCUT2D eigenvalue weighted by molar-refractivity contribution is 5.74. The molecule has 2 aliphatic rings. The molecule has 2 N–H and O–H groups in total. The summed E-state index contributed by atoms with van der Waals surface area (Å²) in [6.45, 7) is 3.13. The van der Waals surface area contributed by atoms with Crippen molar-refractivity contribution in [3.05, 3.63) is 35.8 Å². The molecule has 2 fully saturated rings. The number of carbonyl (C=O) groups excluding carboxylic acids is 1. The van der Waals surface area contributed by atoms with Crippen LogP contribution in [0.1, 0.15) is 61.3 Å². The Bertz CT molecular complexity index is 726. The lowest BCUT2D eigenvalue weighted by atomic mass is 9.97. The molecule has 1 aliphatic carbocycles. The molecule has 1 saturated heterocycles. The number of urea groups is 1. The standard InChI is InChI=1S/C19H27N5O3/c25-19(20-8-3-10-26-13-16-5-2-11-27-16)24-9-1-4-15(12-24)18-21-17(22-23-18)14-6-7-14/h2,5,11,14-15H,1,3-4,6-10,12-13H2,(H,20,25)(H,21,22,23)/t15-/m0/s1. The van der Waals surface area contributed by atoms with Gasteiger partial charge in [-0.3, -0.25) is 5.10 Å². The van der Waals surface area contributed by atoms with Gasteiger partial charge >= 0.3 is 6.03 Å². The summed E-state index contributed by atoms with van der Waals surface area (Å²) < 4.78 is 10.7. The summed E-state index contributed by atoms with van der Waals surface area (Å²) >= 11 is 0. The number of H-pyrrole nitrogens is 1. The predicted molar refractivity (Wildman–Crippen MR) is 98.3 cm³/mol. The summed E-state index contributed by atoms with van der Waals surface area (Å²) in [5, 5.41) is 10.5. The molecule has 8 heteroatoms. The highest BCUT2D eigenvalue weighted by Gasteiger charge is 2.31. The SMILES string of the molecule is O=C(NCCCOCc1ccco1)N1CCC[C@H](c2n[nH]c(C3CC3)n2)C1. The maximum atomic E-state index is 12.4. The van der Waals surface area contributed by atoms with Crippen molar-refractivity contribution < 1.29 is 13.9 Å². The summed E-state index contributed by atoms with van der Waals surface area (Å²) in [5.41, 5.74) is 0. The van der Waals surface area contributed by atoms with Crippen LogP contribution in [-0.4, -0.2) is 52.4 Å². The number of hydrogen-bond acceptors (Lipinski definition) is 5. The molecule has 27 heavy (non-hydrogen) atoms. The third-order valence-corrected chi connectivity index (χ3v) is 5.12. The van der Waals surface area contributed by atoms with Gasteiger partial charge in [0.2, 0.25) is 0 Å². The average Bonchev–Trinajstić information content (AvgIpc) is 3.20. The molecule has 3 heterocycles. The zero-order valence-corrected chi connectivity index (χ0v) is 15.5. The normalized spacial score (nSPS) is 20.0. The molecule has 1 atom stereocenters. The lowest BCUT2D eigenvalue weighted by Gasteiger charge is -2.31. The molecule has 4 rings (SSSR count). The number of likely N-dealkylation sites (tertiary alicyclic amines) is 1. The third-order valence-electron chi connectivity index (χ3n) is 5.12. The first-order valence-electron chi connectivity index (χ1n) is 9.84. The van der Waals surface area contributed by atoms with Crippen LogP contribution in [0.5, 0.6) is 0 Å². The van der Waals surface area contributed by atoms with Crippen LogP contribution in [0.3, 0.4) is 0 Å². The van der Waals surface area contributed by atoms with E-state index in [1.165, 1.54) is 12.8 Å². The van der Waals surface area contributed by atoms with Crippen molar-refractivity contribution in [3.8, 4) is 0 Å². The van der Waals surface area contributed by atoms with E-state index in [-0.39, 0.29) is 11.9 Å². The van der Waals surface area contributed by atoms with Gasteiger partial charge in [0.15, 0.2) is 5.82 Å². The molecule has 146 valence electrons. The first kappa shape index (κ1) is 18.0. The third kappa shape index (κ3) is 4.88. The van der Waals surface area contributed by atoms with E-state index in [0.717, 1.165) is 43.2 Å². The van der Waals surface area contributed by atoms with Crippen LogP contribution in [0.25, 0.3) is 0 Å². The van der Waals surface area contributed by atoms with E-state index in [9.17, 15) is 4.79 Å². The second-order valence-corrected chi connectivity index (χ2v) is 7.36. The number of carbonyl (C=O) groups is 1. The van der Waals surface area contributed by atoms with E-state index in [1.807, 2.05) is 17.0 Å². The Kier molecular flexibility index (Phi) is 5.72. The molecular formula is C19H27N5O3. The number of nitrogens with zero attached hydrogens (tertiary/aromatic N) is 3. The van der Waals surface area contributed by atoms with Crippen LogP contribution in [0.2, 0.25) is 0 Å². The molecule has 1 aliphatic heterocycles. The zero-order valence-electron chi connectivity index (χ0n) is 15.5. The maximum absolute atomic E-state index is 12.4. The number of nitrogens with one attached hydrogen (secondary N) is 2. The number of furan rings is 1. The van der Waals surface area contributed by atoms with E-state index < -0.39 is 0 Å². The fraction of sp³-hybridized carbons (Fsp3) is 0.632. The van der Waals surface area contributed by atoms with E-state index in [4.69, 9.17) is 9.15 Å². The first-order chi connectivity index (χ1) is 13.3. The zero-order chi connectivity index (χ0) is 18.5. The Hall–Kier alpha value is -2.35. The summed E-state index contributed by atoms with van der Waals surface area (Å²) in [6, 6.07) is 3.72. The largest absolute Gasteiger partial charge is 0.467 e. The van der Waals surface area contributed by atoms with Crippen molar-refractivity contribution in [2.45, 2.75) is 50.5 Å². The molecule has 1 saturated carbocycles. The van der Waals surface area contributed by atoms with Gasteiger partial charge in [-0.2, -0.15) is 5.10 Å². The fourth-order valence-electron chi connectivity index (χ4n) is 3.43. The Morgan fingerprint density at radius 3 is 3.11 bits per heavy atom. The van der Waals surface area contributed by atoms with Crippen LogP contribution >= 0.6 is 0 Å². The topological polar surface area (TPSA) is 96.3 Å². The van der Waals surface area contributed by atoms with Gasteiger partial charge < -0.3 is 19.4 Å². The second kappa shape index (κ2) is 8.56. The predicted octanol–water partition coefficient (Wildman–Crippen LogP) is 2.77. The van der Waals surface area contributed by atoms with E-state index >= 15 is 0 Å². The second-order valence-electron chi connectivity index (χ2n) is 7.36. The number of aromatic nitrogens is 3. The van der Waals surface area contributed by atoms with Crippen molar-refractivity contribution in [3.63, 3.8) is 0 Å². The van der Waals surface area contributed by atoms with Gasteiger partial charge in [0.1, 0.15) is 18.2 Å². The van der Waals surface area contributed by atoms with Gasteiger partial charge in [0.05, 0.1) is 6.26 Å². The van der Waals surface area contributed by atoms with Gasteiger partial charge in [-0.25, -0.2) is 9.78 Å². The maximum Gasteiger partial charge on any atom is 0.317 e. The van der Waals surface area contributed by atoms with Gasteiger partial charge in [0, 0.05) is 38.1 Å². The molecule has 8 nitrogen and oxygen atoms in total. The molecular weight excluding hydrogens is 346 g/mol. The van der Waals surface area contributed by atoms with Crippen LogP contribution in [0.4, 0.5) is 4.79 Å². The number of aromatic amines is 1. The number of rotatable bonds is 8.